The van der Waals surface area contributed by atoms with Crippen LogP contribution in [0.3, 0.4) is 0 Å². The Morgan fingerprint density at radius 1 is 1.31 bits per heavy atom. The van der Waals surface area contributed by atoms with Crippen molar-refractivity contribution in [2.24, 2.45) is 0 Å². The molecule has 0 aliphatic rings. The molecule has 3 nitrogen and oxygen atoms in total. The van der Waals surface area contributed by atoms with E-state index in [1.54, 1.807) is 0 Å². The molecular formula is C13H25N3. The van der Waals surface area contributed by atoms with Crippen molar-refractivity contribution in [3.05, 3.63) is 18.2 Å². The molecule has 0 aromatic carbocycles. The summed E-state index contributed by atoms with van der Waals surface area (Å²) in [6.07, 6.45) is 6.49. The number of imidazole rings is 1. The Bertz CT molecular complexity index is 289. The summed E-state index contributed by atoms with van der Waals surface area (Å²) in [6.45, 7) is 12.1. The van der Waals surface area contributed by atoms with Crippen molar-refractivity contribution in [2.45, 2.75) is 53.1 Å². The van der Waals surface area contributed by atoms with Crippen LogP contribution in [-0.2, 0) is 6.54 Å². The van der Waals surface area contributed by atoms with E-state index in [0.29, 0.717) is 6.04 Å². The van der Waals surface area contributed by atoms with Gasteiger partial charge in [-0.15, -0.1) is 0 Å². The van der Waals surface area contributed by atoms with E-state index < -0.39 is 0 Å². The largest absolute Gasteiger partial charge is 0.334 e. The van der Waals surface area contributed by atoms with E-state index >= 15 is 0 Å². The van der Waals surface area contributed by atoms with Crippen LogP contribution in [0.1, 0.15) is 52.4 Å². The SMILES string of the molecule is CCCCn1ccnc1C(C)N(CC)CC. The van der Waals surface area contributed by atoms with E-state index in [1.807, 2.05) is 6.20 Å². The molecular weight excluding hydrogens is 198 g/mol. The van der Waals surface area contributed by atoms with Gasteiger partial charge in [-0.05, 0) is 26.4 Å². The standard InChI is InChI=1S/C13H25N3/c1-5-8-10-16-11-9-14-13(16)12(4)15(6-2)7-3/h9,11-12H,5-8,10H2,1-4H3. The Kier molecular flexibility index (Phi) is 5.53. The second-order valence-electron chi connectivity index (χ2n) is 4.23. The van der Waals surface area contributed by atoms with Gasteiger partial charge in [-0.1, -0.05) is 27.2 Å². The van der Waals surface area contributed by atoms with Gasteiger partial charge >= 0.3 is 0 Å². The molecule has 1 aromatic heterocycles. The first-order valence-electron chi connectivity index (χ1n) is 6.49. The van der Waals surface area contributed by atoms with Crippen molar-refractivity contribution in [1.29, 1.82) is 0 Å². The van der Waals surface area contributed by atoms with Crippen molar-refractivity contribution in [3.8, 4) is 0 Å². The molecule has 0 saturated carbocycles. The fourth-order valence-electron chi connectivity index (χ4n) is 2.14. The molecule has 1 atom stereocenters. The lowest BCUT2D eigenvalue weighted by Gasteiger charge is -2.26. The second kappa shape index (κ2) is 6.69. The molecule has 3 heteroatoms. The number of aryl methyl sites for hydroxylation is 1. The average molecular weight is 223 g/mol. The molecule has 0 aliphatic heterocycles. The first kappa shape index (κ1) is 13.2. The number of hydrogen-bond donors (Lipinski definition) is 0. The minimum Gasteiger partial charge on any atom is -0.334 e. The Morgan fingerprint density at radius 3 is 2.56 bits per heavy atom. The molecule has 1 rings (SSSR count). The fraction of sp³-hybridized carbons (Fsp3) is 0.769. The highest BCUT2D eigenvalue weighted by molar-refractivity contribution is 4.98. The molecule has 1 unspecified atom stereocenters. The van der Waals surface area contributed by atoms with Crippen LogP contribution in [0, 0.1) is 0 Å². The molecule has 1 aromatic rings. The molecule has 0 aliphatic carbocycles. The zero-order valence-corrected chi connectivity index (χ0v) is 11.1. The van der Waals surface area contributed by atoms with Crippen molar-refractivity contribution in [1.82, 2.24) is 14.5 Å². The van der Waals surface area contributed by atoms with Crippen LogP contribution < -0.4 is 0 Å². The normalized spacial score (nSPS) is 13.3. The summed E-state index contributed by atoms with van der Waals surface area (Å²) in [6, 6.07) is 0.418. The lowest BCUT2D eigenvalue weighted by Crippen LogP contribution is -2.28. The number of rotatable bonds is 7. The van der Waals surface area contributed by atoms with Gasteiger partial charge in [0.1, 0.15) is 5.82 Å². The molecule has 16 heavy (non-hydrogen) atoms. The van der Waals surface area contributed by atoms with E-state index in [-0.39, 0.29) is 0 Å². The first-order chi connectivity index (χ1) is 7.74. The van der Waals surface area contributed by atoms with Crippen LogP contribution in [0.15, 0.2) is 12.4 Å². The highest BCUT2D eigenvalue weighted by atomic mass is 15.2. The summed E-state index contributed by atoms with van der Waals surface area (Å²) in [5.41, 5.74) is 0. The Morgan fingerprint density at radius 2 is 2.00 bits per heavy atom. The predicted octanol–water partition coefficient (Wildman–Crippen LogP) is 3.09. The van der Waals surface area contributed by atoms with Gasteiger partial charge in [-0.2, -0.15) is 0 Å². The fourth-order valence-corrected chi connectivity index (χ4v) is 2.14. The number of nitrogens with zero attached hydrogens (tertiary/aromatic N) is 3. The highest BCUT2D eigenvalue weighted by Crippen LogP contribution is 2.18. The molecule has 0 saturated heterocycles. The number of hydrogen-bond acceptors (Lipinski definition) is 2. The minimum atomic E-state index is 0.418. The van der Waals surface area contributed by atoms with Gasteiger partial charge in [-0.3, -0.25) is 4.90 Å². The van der Waals surface area contributed by atoms with Crippen LogP contribution in [0.2, 0.25) is 0 Å². The monoisotopic (exact) mass is 223 g/mol. The predicted molar refractivity (Wildman–Crippen MR) is 68.5 cm³/mol. The highest BCUT2D eigenvalue weighted by Gasteiger charge is 2.16. The summed E-state index contributed by atoms with van der Waals surface area (Å²) in [7, 11) is 0. The smallest absolute Gasteiger partial charge is 0.125 e. The van der Waals surface area contributed by atoms with E-state index in [9.17, 15) is 0 Å². The van der Waals surface area contributed by atoms with Gasteiger partial charge in [0.15, 0.2) is 0 Å². The van der Waals surface area contributed by atoms with Crippen molar-refractivity contribution >= 4 is 0 Å². The van der Waals surface area contributed by atoms with E-state index in [2.05, 4.69) is 48.3 Å². The molecule has 0 fully saturated rings. The molecule has 0 N–H and O–H groups in total. The first-order valence-corrected chi connectivity index (χ1v) is 6.49. The summed E-state index contributed by atoms with van der Waals surface area (Å²) in [5, 5.41) is 0. The lowest BCUT2D eigenvalue weighted by atomic mass is 10.2. The van der Waals surface area contributed by atoms with Crippen molar-refractivity contribution in [2.75, 3.05) is 13.1 Å². The molecule has 1 heterocycles. The third-order valence-corrected chi connectivity index (χ3v) is 3.23. The van der Waals surface area contributed by atoms with Crippen LogP contribution in [0.5, 0.6) is 0 Å². The maximum atomic E-state index is 4.51. The van der Waals surface area contributed by atoms with Gasteiger partial charge in [-0.25, -0.2) is 4.98 Å². The zero-order valence-electron chi connectivity index (χ0n) is 11.1. The third-order valence-electron chi connectivity index (χ3n) is 3.23. The van der Waals surface area contributed by atoms with Gasteiger partial charge < -0.3 is 4.57 Å². The Balaban J connectivity index is 2.73. The quantitative estimate of drug-likeness (QED) is 0.708. The minimum absolute atomic E-state index is 0.418. The second-order valence-corrected chi connectivity index (χ2v) is 4.23. The lowest BCUT2D eigenvalue weighted by molar-refractivity contribution is 0.221. The van der Waals surface area contributed by atoms with Crippen LogP contribution in [0.25, 0.3) is 0 Å². The summed E-state index contributed by atoms with van der Waals surface area (Å²) in [4.78, 5) is 6.94. The molecule has 0 bridgehead atoms. The van der Waals surface area contributed by atoms with E-state index in [0.717, 1.165) is 19.6 Å². The zero-order chi connectivity index (χ0) is 12.0. The van der Waals surface area contributed by atoms with Gasteiger partial charge in [0, 0.05) is 18.9 Å². The van der Waals surface area contributed by atoms with E-state index in [1.165, 1.54) is 18.7 Å². The summed E-state index contributed by atoms with van der Waals surface area (Å²) in [5.74, 6) is 1.21. The summed E-state index contributed by atoms with van der Waals surface area (Å²) >= 11 is 0. The molecule has 0 amide bonds. The summed E-state index contributed by atoms with van der Waals surface area (Å²) < 4.78 is 2.30. The Labute approximate surface area is 99.5 Å². The molecule has 92 valence electrons. The third kappa shape index (κ3) is 3.08. The maximum Gasteiger partial charge on any atom is 0.125 e. The number of aromatic nitrogens is 2. The van der Waals surface area contributed by atoms with Gasteiger partial charge in [0.25, 0.3) is 0 Å². The van der Waals surface area contributed by atoms with Crippen LogP contribution >= 0.6 is 0 Å². The average Bonchev–Trinajstić information content (AvgIpc) is 2.75. The van der Waals surface area contributed by atoms with Gasteiger partial charge in [0.2, 0.25) is 0 Å². The molecule has 0 spiro atoms. The topological polar surface area (TPSA) is 21.1 Å². The maximum absolute atomic E-state index is 4.51. The van der Waals surface area contributed by atoms with Crippen molar-refractivity contribution in [3.63, 3.8) is 0 Å². The van der Waals surface area contributed by atoms with Gasteiger partial charge in [0.05, 0.1) is 6.04 Å². The van der Waals surface area contributed by atoms with Crippen molar-refractivity contribution < 1.29 is 0 Å². The molecule has 0 radical (unpaired) electrons. The van der Waals surface area contributed by atoms with Crippen LogP contribution in [-0.4, -0.2) is 27.5 Å². The Hall–Kier alpha value is -0.830. The number of unbranched alkanes of at least 4 members (excludes halogenated alkanes) is 1. The van der Waals surface area contributed by atoms with E-state index in [4.69, 9.17) is 0 Å². The van der Waals surface area contributed by atoms with Crippen LogP contribution in [0.4, 0.5) is 0 Å².